The first-order valence-corrected chi connectivity index (χ1v) is 10.3. The molecule has 5 rings (SSSR count). The number of hydrogen-bond acceptors (Lipinski definition) is 4. The minimum Gasteiger partial charge on any atom is -0.497 e. The number of rotatable bonds is 3. The number of fused-ring (bicyclic) bond motifs is 4. The zero-order valence-electron chi connectivity index (χ0n) is 16.3. The second-order valence-corrected chi connectivity index (χ2v) is 8.79. The number of aromatic nitrogens is 1. The molecule has 0 radical (unpaired) electrons. The zero-order valence-corrected chi connectivity index (χ0v) is 16.3. The van der Waals surface area contributed by atoms with Gasteiger partial charge in [0, 0.05) is 40.5 Å². The largest absolute Gasteiger partial charge is 0.497 e. The number of nitrogens with one attached hydrogen (secondary N) is 3. The molecule has 1 aromatic carbocycles. The standard InChI is InChI=1S/C22H29N3O2/c1-21(20(26)14-4-3-5-14)19-18(22(13-24-21)8-10-23-11-9-22)16-7-6-15(27-2)12-17(16)25-19/h6-7,12,14,23-25H,3-5,8-11,13H2,1-2H3. The lowest BCUT2D eigenvalue weighted by Gasteiger charge is -2.48. The third-order valence-electron chi connectivity index (χ3n) is 7.35. The van der Waals surface area contributed by atoms with Gasteiger partial charge in [0.05, 0.1) is 7.11 Å². The van der Waals surface area contributed by atoms with E-state index in [9.17, 15) is 4.79 Å². The van der Waals surface area contributed by atoms with Crippen LogP contribution in [0, 0.1) is 5.92 Å². The average Bonchev–Trinajstić information content (AvgIpc) is 3.05. The molecule has 27 heavy (non-hydrogen) atoms. The molecule has 1 atom stereocenters. The molecule has 1 aliphatic carbocycles. The number of methoxy groups -OCH3 is 1. The van der Waals surface area contributed by atoms with Gasteiger partial charge in [0.15, 0.2) is 5.78 Å². The van der Waals surface area contributed by atoms with E-state index >= 15 is 0 Å². The van der Waals surface area contributed by atoms with Crippen molar-refractivity contribution >= 4 is 16.7 Å². The Balaban J connectivity index is 1.71. The first-order chi connectivity index (χ1) is 13.1. The smallest absolute Gasteiger partial charge is 0.161 e. The van der Waals surface area contributed by atoms with Crippen molar-refractivity contribution < 1.29 is 9.53 Å². The molecule has 1 aromatic heterocycles. The summed E-state index contributed by atoms with van der Waals surface area (Å²) in [5.74, 6) is 1.41. The van der Waals surface area contributed by atoms with E-state index in [0.717, 1.165) is 62.3 Å². The van der Waals surface area contributed by atoms with E-state index < -0.39 is 5.54 Å². The fourth-order valence-corrected chi connectivity index (χ4v) is 5.37. The van der Waals surface area contributed by atoms with Crippen LogP contribution < -0.4 is 15.4 Å². The van der Waals surface area contributed by atoms with Gasteiger partial charge in [-0.1, -0.05) is 6.42 Å². The highest BCUT2D eigenvalue weighted by molar-refractivity contribution is 5.96. The van der Waals surface area contributed by atoms with E-state index in [0.29, 0.717) is 5.78 Å². The fourth-order valence-electron chi connectivity index (χ4n) is 5.37. The maximum Gasteiger partial charge on any atom is 0.161 e. The van der Waals surface area contributed by atoms with Gasteiger partial charge in [-0.05, 0) is 63.4 Å². The van der Waals surface area contributed by atoms with Gasteiger partial charge in [-0.25, -0.2) is 0 Å². The van der Waals surface area contributed by atoms with Gasteiger partial charge >= 0.3 is 0 Å². The van der Waals surface area contributed by atoms with Crippen LogP contribution >= 0.6 is 0 Å². The summed E-state index contributed by atoms with van der Waals surface area (Å²) in [5.41, 5.74) is 3.01. The Morgan fingerprint density at radius 3 is 2.67 bits per heavy atom. The van der Waals surface area contributed by atoms with Crippen LogP contribution in [0.1, 0.15) is 50.3 Å². The summed E-state index contributed by atoms with van der Waals surface area (Å²) in [6.07, 6.45) is 5.45. The van der Waals surface area contributed by atoms with Crippen LogP contribution in [0.4, 0.5) is 0 Å². The number of benzene rings is 1. The highest BCUT2D eigenvalue weighted by Crippen LogP contribution is 2.48. The number of Topliss-reactive ketones (excluding diaryl/α,β-unsaturated/α-hetero) is 1. The highest BCUT2D eigenvalue weighted by Gasteiger charge is 2.52. The Bertz CT molecular complexity index is 892. The summed E-state index contributed by atoms with van der Waals surface area (Å²) in [5, 5.41) is 8.46. The van der Waals surface area contributed by atoms with Crippen molar-refractivity contribution in [3.63, 3.8) is 0 Å². The Kier molecular flexibility index (Phi) is 3.89. The summed E-state index contributed by atoms with van der Waals surface area (Å²) in [4.78, 5) is 17.1. The first-order valence-electron chi connectivity index (χ1n) is 10.3. The maximum absolute atomic E-state index is 13.4. The lowest BCUT2D eigenvalue weighted by atomic mass is 9.64. The van der Waals surface area contributed by atoms with Gasteiger partial charge in [-0.2, -0.15) is 0 Å². The molecule has 1 unspecified atom stereocenters. The minimum atomic E-state index is -0.622. The van der Waals surface area contributed by atoms with Crippen LogP contribution in [-0.4, -0.2) is 37.5 Å². The van der Waals surface area contributed by atoms with Gasteiger partial charge in [-0.3, -0.25) is 10.1 Å². The molecule has 0 bridgehead atoms. The third-order valence-corrected chi connectivity index (χ3v) is 7.35. The molecule has 1 spiro atoms. The Labute approximate surface area is 160 Å². The Morgan fingerprint density at radius 1 is 1.22 bits per heavy atom. The Morgan fingerprint density at radius 2 is 2.00 bits per heavy atom. The molecule has 2 aliphatic heterocycles. The number of carbonyl (C=O) groups excluding carboxylic acids is 1. The monoisotopic (exact) mass is 367 g/mol. The van der Waals surface area contributed by atoms with Crippen LogP contribution in [0.5, 0.6) is 5.75 Å². The average molecular weight is 367 g/mol. The summed E-state index contributed by atoms with van der Waals surface area (Å²) in [6.45, 7) is 5.01. The number of ketones is 1. The first kappa shape index (κ1) is 17.3. The fraction of sp³-hybridized carbons (Fsp3) is 0.591. The van der Waals surface area contributed by atoms with Crippen LogP contribution in [-0.2, 0) is 15.7 Å². The summed E-state index contributed by atoms with van der Waals surface area (Å²) in [6, 6.07) is 6.28. The summed E-state index contributed by atoms with van der Waals surface area (Å²) < 4.78 is 5.44. The number of H-pyrrole nitrogens is 1. The van der Waals surface area contributed by atoms with E-state index in [1.807, 2.05) is 6.07 Å². The van der Waals surface area contributed by atoms with E-state index in [1.165, 1.54) is 17.4 Å². The van der Waals surface area contributed by atoms with Crippen molar-refractivity contribution in [3.8, 4) is 5.75 Å². The van der Waals surface area contributed by atoms with Crippen molar-refractivity contribution in [1.29, 1.82) is 0 Å². The second kappa shape index (κ2) is 6.08. The van der Waals surface area contributed by atoms with Crippen LogP contribution in [0.3, 0.4) is 0 Å². The van der Waals surface area contributed by atoms with Gasteiger partial charge in [0.1, 0.15) is 11.3 Å². The summed E-state index contributed by atoms with van der Waals surface area (Å²) in [7, 11) is 1.70. The molecule has 1 saturated heterocycles. The van der Waals surface area contributed by atoms with Crippen LogP contribution in [0.25, 0.3) is 10.9 Å². The van der Waals surface area contributed by atoms with Crippen molar-refractivity contribution in [2.24, 2.45) is 5.92 Å². The molecule has 2 aromatic rings. The number of hydrogen-bond donors (Lipinski definition) is 3. The third kappa shape index (κ3) is 2.41. The molecule has 1 saturated carbocycles. The maximum atomic E-state index is 13.4. The predicted molar refractivity (Wildman–Crippen MR) is 106 cm³/mol. The van der Waals surface area contributed by atoms with Crippen LogP contribution in [0.15, 0.2) is 18.2 Å². The minimum absolute atomic E-state index is 0.0901. The second-order valence-electron chi connectivity index (χ2n) is 8.79. The van der Waals surface area contributed by atoms with Crippen molar-refractivity contribution in [2.75, 3.05) is 26.7 Å². The van der Waals surface area contributed by atoms with Gasteiger partial charge in [-0.15, -0.1) is 0 Å². The number of ether oxygens (including phenoxy) is 1. The van der Waals surface area contributed by atoms with Gasteiger partial charge in [0.2, 0.25) is 0 Å². The molecular formula is C22H29N3O2. The van der Waals surface area contributed by atoms with Crippen LogP contribution in [0.2, 0.25) is 0 Å². The van der Waals surface area contributed by atoms with Crippen molar-refractivity contribution in [1.82, 2.24) is 15.6 Å². The number of carbonyl (C=O) groups is 1. The molecule has 2 fully saturated rings. The van der Waals surface area contributed by atoms with Gasteiger partial charge < -0.3 is 15.0 Å². The van der Waals surface area contributed by atoms with E-state index in [1.54, 1.807) is 7.11 Å². The van der Waals surface area contributed by atoms with Crippen molar-refractivity contribution in [3.05, 3.63) is 29.5 Å². The molecule has 3 heterocycles. The molecule has 3 aliphatic rings. The summed E-state index contributed by atoms with van der Waals surface area (Å²) >= 11 is 0. The molecular weight excluding hydrogens is 338 g/mol. The molecule has 5 heteroatoms. The van der Waals surface area contributed by atoms with E-state index in [4.69, 9.17) is 4.74 Å². The lowest BCUT2D eigenvalue weighted by molar-refractivity contribution is -0.132. The highest BCUT2D eigenvalue weighted by atomic mass is 16.5. The number of aromatic amines is 1. The quantitative estimate of drug-likeness (QED) is 0.780. The predicted octanol–water partition coefficient (Wildman–Crippen LogP) is 2.99. The van der Waals surface area contributed by atoms with Crippen molar-refractivity contribution in [2.45, 2.75) is 50.0 Å². The lowest BCUT2D eigenvalue weighted by Crippen LogP contribution is -2.61. The zero-order chi connectivity index (χ0) is 18.6. The normalized spacial score (nSPS) is 27.3. The molecule has 3 N–H and O–H groups in total. The molecule has 144 valence electrons. The van der Waals surface area contributed by atoms with E-state index in [-0.39, 0.29) is 11.3 Å². The van der Waals surface area contributed by atoms with E-state index in [2.05, 4.69) is 34.7 Å². The Hall–Kier alpha value is -1.85. The molecule has 0 amide bonds. The molecule has 5 nitrogen and oxygen atoms in total. The topological polar surface area (TPSA) is 66.2 Å². The van der Waals surface area contributed by atoms with Gasteiger partial charge in [0.25, 0.3) is 0 Å². The number of piperidine rings is 1. The SMILES string of the molecule is COc1ccc2c3c([nH]c2c1)C(C)(C(=O)C1CCC1)NCC31CCNCC1.